The van der Waals surface area contributed by atoms with Crippen molar-refractivity contribution >= 4 is 17.7 Å². The second kappa shape index (κ2) is 3.75. The van der Waals surface area contributed by atoms with Gasteiger partial charge < -0.3 is 11.5 Å². The van der Waals surface area contributed by atoms with Crippen LogP contribution in [0.15, 0.2) is 0 Å². The average molecular weight is 199 g/mol. The fraction of sp³-hybridized carbons (Fsp3) is 0.625. The van der Waals surface area contributed by atoms with Crippen LogP contribution in [0.5, 0.6) is 0 Å². The number of hydrogen-bond donors (Lipinski definition) is 2. The normalized spacial score (nSPS) is 24.1. The van der Waals surface area contributed by atoms with Crippen molar-refractivity contribution in [1.82, 2.24) is 4.90 Å². The van der Waals surface area contributed by atoms with Crippen LogP contribution >= 0.6 is 0 Å². The molecule has 1 saturated heterocycles. The van der Waals surface area contributed by atoms with Gasteiger partial charge in [0, 0.05) is 12.3 Å². The Morgan fingerprint density at radius 2 is 2.21 bits per heavy atom. The van der Waals surface area contributed by atoms with Crippen LogP contribution in [-0.4, -0.2) is 35.2 Å². The van der Waals surface area contributed by atoms with Crippen LogP contribution in [0.25, 0.3) is 0 Å². The minimum Gasteiger partial charge on any atom is -0.368 e. The maximum Gasteiger partial charge on any atom is 0.236 e. The summed E-state index contributed by atoms with van der Waals surface area (Å²) in [6, 6.07) is -0.979. The molecule has 14 heavy (non-hydrogen) atoms. The van der Waals surface area contributed by atoms with Crippen LogP contribution in [0.4, 0.5) is 0 Å². The molecule has 1 rings (SSSR count). The van der Waals surface area contributed by atoms with Crippen LogP contribution in [0.3, 0.4) is 0 Å². The Morgan fingerprint density at radius 1 is 1.64 bits per heavy atom. The van der Waals surface area contributed by atoms with Crippen molar-refractivity contribution in [2.75, 3.05) is 6.54 Å². The first-order chi connectivity index (χ1) is 6.43. The summed E-state index contributed by atoms with van der Waals surface area (Å²) in [5.41, 5.74) is 10.3. The van der Waals surface area contributed by atoms with Crippen molar-refractivity contribution in [3.63, 3.8) is 0 Å². The van der Waals surface area contributed by atoms with Gasteiger partial charge >= 0.3 is 0 Å². The fourth-order valence-electron chi connectivity index (χ4n) is 1.33. The predicted octanol–water partition coefficient (Wildman–Crippen LogP) is -1.81. The van der Waals surface area contributed by atoms with Crippen molar-refractivity contribution in [1.29, 1.82) is 0 Å². The summed E-state index contributed by atoms with van der Waals surface area (Å²) in [5, 5.41) is 0. The topological polar surface area (TPSA) is 106 Å². The van der Waals surface area contributed by atoms with Crippen LogP contribution in [0.2, 0.25) is 0 Å². The van der Waals surface area contributed by atoms with E-state index in [2.05, 4.69) is 0 Å². The fourth-order valence-corrected chi connectivity index (χ4v) is 1.33. The van der Waals surface area contributed by atoms with E-state index in [0.29, 0.717) is 0 Å². The minimum absolute atomic E-state index is 0.114. The maximum atomic E-state index is 11.4. The van der Waals surface area contributed by atoms with Crippen LogP contribution in [0.1, 0.15) is 13.3 Å². The third kappa shape index (κ3) is 1.90. The zero-order valence-corrected chi connectivity index (χ0v) is 7.90. The standard InChI is InChI=1S/C8H13N3O3/c1-4-2-6(12)11(8(4)14)3-5(9)7(10)13/h4-5H,2-3,9H2,1H3,(H2,10,13). The summed E-state index contributed by atoms with van der Waals surface area (Å²) in [6.45, 7) is 1.55. The minimum atomic E-state index is -0.979. The van der Waals surface area contributed by atoms with Crippen molar-refractivity contribution in [2.24, 2.45) is 17.4 Å². The second-order valence-electron chi connectivity index (χ2n) is 3.46. The number of primary amides is 1. The lowest BCUT2D eigenvalue weighted by Crippen LogP contribution is -2.47. The quantitative estimate of drug-likeness (QED) is 0.522. The van der Waals surface area contributed by atoms with Crippen molar-refractivity contribution in [2.45, 2.75) is 19.4 Å². The van der Waals surface area contributed by atoms with E-state index in [0.717, 1.165) is 4.90 Å². The van der Waals surface area contributed by atoms with E-state index in [1.165, 1.54) is 0 Å². The molecule has 0 saturated carbocycles. The Labute approximate surface area is 81.2 Å². The van der Waals surface area contributed by atoms with E-state index < -0.39 is 11.9 Å². The Balaban J connectivity index is 2.65. The molecule has 1 aliphatic rings. The number of carbonyl (C=O) groups is 3. The summed E-state index contributed by atoms with van der Waals surface area (Å²) < 4.78 is 0. The maximum absolute atomic E-state index is 11.4. The van der Waals surface area contributed by atoms with Gasteiger partial charge in [0.15, 0.2) is 0 Å². The molecule has 4 N–H and O–H groups in total. The first-order valence-electron chi connectivity index (χ1n) is 4.32. The second-order valence-corrected chi connectivity index (χ2v) is 3.46. The van der Waals surface area contributed by atoms with Gasteiger partial charge in [-0.15, -0.1) is 0 Å². The number of rotatable bonds is 3. The lowest BCUT2D eigenvalue weighted by molar-refractivity contribution is -0.139. The molecule has 0 radical (unpaired) electrons. The smallest absolute Gasteiger partial charge is 0.236 e. The number of hydrogen-bond acceptors (Lipinski definition) is 4. The monoisotopic (exact) mass is 199 g/mol. The van der Waals surface area contributed by atoms with E-state index in [4.69, 9.17) is 11.5 Å². The molecular weight excluding hydrogens is 186 g/mol. The van der Waals surface area contributed by atoms with Crippen molar-refractivity contribution in [3.8, 4) is 0 Å². The summed E-state index contributed by atoms with van der Waals surface area (Å²) >= 11 is 0. The lowest BCUT2D eigenvalue weighted by atomic mass is 10.1. The molecule has 78 valence electrons. The lowest BCUT2D eigenvalue weighted by Gasteiger charge is -2.17. The van der Waals surface area contributed by atoms with Crippen LogP contribution in [-0.2, 0) is 14.4 Å². The third-order valence-electron chi connectivity index (χ3n) is 2.21. The van der Waals surface area contributed by atoms with Crippen LogP contribution in [0, 0.1) is 5.92 Å². The van der Waals surface area contributed by atoms with Gasteiger partial charge in [-0.3, -0.25) is 19.3 Å². The van der Waals surface area contributed by atoms with Gasteiger partial charge in [-0.25, -0.2) is 0 Å². The number of nitrogens with two attached hydrogens (primary N) is 2. The van der Waals surface area contributed by atoms with E-state index in [1.54, 1.807) is 6.92 Å². The molecule has 1 fully saturated rings. The highest BCUT2D eigenvalue weighted by Crippen LogP contribution is 2.18. The zero-order valence-electron chi connectivity index (χ0n) is 7.90. The number of carbonyl (C=O) groups excluding carboxylic acids is 3. The Hall–Kier alpha value is -1.43. The highest BCUT2D eigenvalue weighted by atomic mass is 16.2. The number of amides is 3. The summed E-state index contributed by atoms with van der Waals surface area (Å²) in [6.07, 6.45) is 0.185. The highest BCUT2D eigenvalue weighted by molar-refractivity contribution is 6.03. The molecular formula is C8H13N3O3. The van der Waals surface area contributed by atoms with Gasteiger partial charge in [0.25, 0.3) is 0 Å². The molecule has 2 atom stereocenters. The zero-order chi connectivity index (χ0) is 10.9. The Bertz CT molecular complexity index is 290. The SMILES string of the molecule is CC1CC(=O)N(CC(N)C(N)=O)C1=O. The molecule has 0 bridgehead atoms. The van der Waals surface area contributed by atoms with Gasteiger partial charge in [0.2, 0.25) is 17.7 Å². The number of likely N-dealkylation sites (tertiary alicyclic amines) is 1. The van der Waals surface area contributed by atoms with E-state index in [9.17, 15) is 14.4 Å². The first-order valence-corrected chi connectivity index (χ1v) is 4.32. The van der Waals surface area contributed by atoms with Gasteiger partial charge in [-0.1, -0.05) is 6.92 Å². The Morgan fingerprint density at radius 3 is 2.57 bits per heavy atom. The van der Waals surface area contributed by atoms with Gasteiger partial charge in [-0.05, 0) is 0 Å². The molecule has 2 unspecified atom stereocenters. The summed E-state index contributed by atoms with van der Waals surface area (Å²) in [5.74, 6) is -1.61. The number of nitrogens with zero attached hydrogens (tertiary/aromatic N) is 1. The molecule has 0 aliphatic carbocycles. The molecule has 1 heterocycles. The summed E-state index contributed by atoms with van der Waals surface area (Å²) in [4.78, 5) is 34.3. The molecule has 3 amide bonds. The molecule has 0 aromatic rings. The predicted molar refractivity (Wildman–Crippen MR) is 47.7 cm³/mol. The van der Waals surface area contributed by atoms with Crippen LogP contribution < -0.4 is 11.5 Å². The Kier molecular flexibility index (Phi) is 2.85. The van der Waals surface area contributed by atoms with E-state index >= 15 is 0 Å². The van der Waals surface area contributed by atoms with Crippen molar-refractivity contribution < 1.29 is 14.4 Å². The number of imide groups is 1. The third-order valence-corrected chi connectivity index (χ3v) is 2.21. The molecule has 6 heteroatoms. The van der Waals surface area contributed by atoms with Gasteiger partial charge in [-0.2, -0.15) is 0 Å². The highest BCUT2D eigenvalue weighted by Gasteiger charge is 2.36. The van der Waals surface area contributed by atoms with Gasteiger partial charge in [0.1, 0.15) is 6.04 Å². The molecule has 6 nitrogen and oxygen atoms in total. The molecule has 0 spiro atoms. The largest absolute Gasteiger partial charge is 0.368 e. The molecule has 0 aromatic heterocycles. The van der Waals surface area contributed by atoms with Gasteiger partial charge in [0.05, 0.1) is 6.54 Å². The van der Waals surface area contributed by atoms with E-state index in [1.807, 2.05) is 0 Å². The first kappa shape index (κ1) is 10.6. The average Bonchev–Trinajstić information content (AvgIpc) is 2.32. The van der Waals surface area contributed by atoms with Crippen molar-refractivity contribution in [3.05, 3.63) is 0 Å². The molecule has 0 aromatic carbocycles. The summed E-state index contributed by atoms with van der Waals surface area (Å²) in [7, 11) is 0. The molecule has 1 aliphatic heterocycles. The van der Waals surface area contributed by atoms with E-state index in [-0.39, 0.29) is 30.7 Å².